The van der Waals surface area contributed by atoms with Crippen molar-refractivity contribution >= 4 is 23.4 Å². The summed E-state index contributed by atoms with van der Waals surface area (Å²) in [4.78, 5) is 47.5. The molecule has 216 valence electrons. The fourth-order valence-electron chi connectivity index (χ4n) is 5.10. The molecule has 3 amide bonds. The van der Waals surface area contributed by atoms with Crippen LogP contribution in [-0.4, -0.2) is 39.3 Å². The first-order valence-electron chi connectivity index (χ1n) is 14.1. The Bertz CT molecular complexity index is 1560. The summed E-state index contributed by atoms with van der Waals surface area (Å²) >= 11 is 0. The summed E-state index contributed by atoms with van der Waals surface area (Å²) in [5, 5.41) is 5.87. The Morgan fingerprint density at radius 1 is 1.05 bits per heavy atom. The van der Waals surface area contributed by atoms with Gasteiger partial charge in [-0.2, -0.15) is 0 Å². The van der Waals surface area contributed by atoms with Gasteiger partial charge in [0.2, 0.25) is 17.7 Å². The van der Waals surface area contributed by atoms with Gasteiger partial charge in [-0.05, 0) is 60.6 Å². The second kappa shape index (κ2) is 12.4. The third kappa shape index (κ3) is 6.75. The number of H-pyrrole nitrogens is 1. The molecule has 0 saturated carbocycles. The molecule has 0 bridgehead atoms. The summed E-state index contributed by atoms with van der Waals surface area (Å²) in [5.74, 6) is -0.596. The molecule has 0 fully saturated rings. The van der Waals surface area contributed by atoms with E-state index in [0.717, 1.165) is 39.2 Å². The fraction of sp³-hybridized carbons (Fsp3) is 0.273. The molecule has 9 heteroatoms. The first-order valence-corrected chi connectivity index (χ1v) is 14.1. The van der Waals surface area contributed by atoms with Crippen molar-refractivity contribution in [3.63, 3.8) is 0 Å². The molecule has 3 aromatic carbocycles. The van der Waals surface area contributed by atoms with Gasteiger partial charge in [0.15, 0.2) is 0 Å². The summed E-state index contributed by atoms with van der Waals surface area (Å²) in [7, 11) is 0. The number of carbonyl (C=O) groups is 3. The van der Waals surface area contributed by atoms with Crippen molar-refractivity contribution in [1.29, 1.82) is 0 Å². The Balaban J connectivity index is 1.32. The van der Waals surface area contributed by atoms with Gasteiger partial charge in [0.1, 0.15) is 6.04 Å². The maximum Gasteiger partial charge on any atom is 0.249 e. The van der Waals surface area contributed by atoms with Crippen LogP contribution in [0.5, 0.6) is 0 Å². The minimum atomic E-state index is -1.08. The number of anilines is 1. The highest BCUT2D eigenvalue weighted by atomic mass is 16.2. The van der Waals surface area contributed by atoms with Gasteiger partial charge >= 0.3 is 0 Å². The predicted molar refractivity (Wildman–Crippen MR) is 162 cm³/mol. The first-order chi connectivity index (χ1) is 20.2. The Morgan fingerprint density at radius 3 is 2.52 bits per heavy atom. The standard InChI is InChI=1S/C33H36N6O3/c1-33(2,34)32(42)38-28-16-15-24-7-4-6-10-29(24)39(31(28)41)20-22-11-13-23(14-12-22)27-9-5-3-8-25(27)18-36-30(40)17-26-19-35-21-37-26/h3-14,19,21,28H,15-18,20,34H2,1-2H3,(H,35,37)(H,36,40)(H,38,42)/t28-/m1/s1. The highest BCUT2D eigenvalue weighted by Crippen LogP contribution is 2.30. The number of imidazole rings is 1. The van der Waals surface area contributed by atoms with Crippen molar-refractivity contribution in [2.24, 2.45) is 5.73 Å². The van der Waals surface area contributed by atoms with Gasteiger partial charge in [0, 0.05) is 24.1 Å². The molecule has 0 radical (unpaired) electrons. The Hall–Kier alpha value is -4.76. The number of rotatable bonds is 9. The Kier molecular flexibility index (Phi) is 8.49. The molecular formula is C33H36N6O3. The molecule has 0 unspecified atom stereocenters. The van der Waals surface area contributed by atoms with Crippen LogP contribution < -0.4 is 21.3 Å². The van der Waals surface area contributed by atoms with Crippen molar-refractivity contribution in [2.45, 2.75) is 57.8 Å². The largest absolute Gasteiger partial charge is 0.352 e. The van der Waals surface area contributed by atoms with E-state index in [1.807, 2.05) is 72.8 Å². The van der Waals surface area contributed by atoms with Crippen LogP contribution in [0.15, 0.2) is 85.3 Å². The van der Waals surface area contributed by atoms with Crippen molar-refractivity contribution in [3.8, 4) is 11.1 Å². The number of fused-ring (bicyclic) bond motifs is 1. The maximum atomic E-state index is 13.8. The number of nitrogens with two attached hydrogens (primary N) is 1. The second-order valence-electron chi connectivity index (χ2n) is 11.2. The van der Waals surface area contributed by atoms with Crippen molar-refractivity contribution in [2.75, 3.05) is 4.90 Å². The van der Waals surface area contributed by atoms with Crippen LogP contribution in [0.4, 0.5) is 5.69 Å². The fourth-order valence-corrected chi connectivity index (χ4v) is 5.10. The summed E-state index contributed by atoms with van der Waals surface area (Å²) in [5.41, 5.74) is 11.6. The van der Waals surface area contributed by atoms with Crippen LogP contribution in [-0.2, 0) is 40.3 Å². The average molecular weight is 565 g/mol. The smallest absolute Gasteiger partial charge is 0.249 e. The number of benzene rings is 3. The van der Waals surface area contributed by atoms with Crippen LogP contribution in [0.3, 0.4) is 0 Å². The van der Waals surface area contributed by atoms with Crippen LogP contribution in [0.2, 0.25) is 0 Å². The molecule has 1 atom stereocenters. The van der Waals surface area contributed by atoms with Gasteiger partial charge in [0.05, 0.1) is 24.8 Å². The maximum absolute atomic E-state index is 13.8. The number of aromatic amines is 1. The SMILES string of the molecule is CC(C)(N)C(=O)N[C@@H]1CCc2ccccc2N(Cc2ccc(-c3ccccc3CNC(=O)Cc3cnc[nH]3)cc2)C1=O. The molecular weight excluding hydrogens is 528 g/mol. The van der Waals surface area contributed by atoms with Gasteiger partial charge < -0.3 is 26.3 Å². The molecule has 4 aromatic rings. The lowest BCUT2D eigenvalue weighted by Crippen LogP contribution is -2.56. The Morgan fingerprint density at radius 2 is 1.79 bits per heavy atom. The monoisotopic (exact) mass is 564 g/mol. The van der Waals surface area contributed by atoms with Gasteiger partial charge in [-0.15, -0.1) is 0 Å². The van der Waals surface area contributed by atoms with Gasteiger partial charge in [-0.3, -0.25) is 14.4 Å². The van der Waals surface area contributed by atoms with Crippen molar-refractivity contribution < 1.29 is 14.4 Å². The van der Waals surface area contributed by atoms with Crippen molar-refractivity contribution in [3.05, 3.63) is 108 Å². The number of carbonyl (C=O) groups excluding carboxylic acids is 3. The predicted octanol–water partition coefficient (Wildman–Crippen LogP) is 3.64. The van der Waals surface area contributed by atoms with Gasteiger partial charge in [-0.1, -0.05) is 66.7 Å². The van der Waals surface area contributed by atoms with Gasteiger partial charge in [0.25, 0.3) is 0 Å². The molecule has 0 saturated heterocycles. The number of nitrogens with zero attached hydrogens (tertiary/aromatic N) is 2. The Labute approximate surface area is 245 Å². The number of aryl methyl sites for hydroxylation is 1. The third-order valence-electron chi connectivity index (χ3n) is 7.44. The van der Waals surface area contributed by atoms with E-state index in [0.29, 0.717) is 25.9 Å². The summed E-state index contributed by atoms with van der Waals surface area (Å²) in [6, 6.07) is 23.3. The van der Waals surface area contributed by atoms with Gasteiger partial charge in [-0.25, -0.2) is 4.98 Å². The van der Waals surface area contributed by atoms with Crippen LogP contribution in [0, 0.1) is 0 Å². The van der Waals surface area contributed by atoms with E-state index in [2.05, 4.69) is 20.6 Å². The number of para-hydroxylation sites is 1. The number of hydrogen-bond acceptors (Lipinski definition) is 5. The molecule has 1 aliphatic heterocycles. The van der Waals surface area contributed by atoms with E-state index in [1.54, 1.807) is 31.3 Å². The summed E-state index contributed by atoms with van der Waals surface area (Å²) in [6.45, 7) is 4.02. The highest BCUT2D eigenvalue weighted by molar-refractivity contribution is 6.01. The minimum absolute atomic E-state index is 0.0867. The van der Waals surface area contributed by atoms with E-state index in [9.17, 15) is 14.4 Å². The lowest BCUT2D eigenvalue weighted by Gasteiger charge is -2.28. The molecule has 5 rings (SSSR count). The van der Waals surface area contributed by atoms with E-state index >= 15 is 0 Å². The molecule has 1 aliphatic rings. The summed E-state index contributed by atoms with van der Waals surface area (Å²) < 4.78 is 0. The quantitative estimate of drug-likeness (QED) is 0.246. The zero-order valence-electron chi connectivity index (χ0n) is 23.9. The first kappa shape index (κ1) is 28.8. The van der Waals surface area contributed by atoms with Crippen LogP contribution in [0.25, 0.3) is 11.1 Å². The minimum Gasteiger partial charge on any atom is -0.352 e. The molecule has 42 heavy (non-hydrogen) atoms. The number of nitrogens with one attached hydrogen (secondary N) is 3. The van der Waals surface area contributed by atoms with Crippen LogP contribution in [0.1, 0.15) is 42.7 Å². The average Bonchev–Trinajstić information content (AvgIpc) is 3.45. The highest BCUT2D eigenvalue weighted by Gasteiger charge is 2.34. The molecule has 0 spiro atoms. The lowest BCUT2D eigenvalue weighted by atomic mass is 9.98. The number of hydrogen-bond donors (Lipinski definition) is 4. The second-order valence-corrected chi connectivity index (χ2v) is 11.2. The molecule has 1 aromatic heterocycles. The molecule has 5 N–H and O–H groups in total. The molecule has 2 heterocycles. The van der Waals surface area contributed by atoms with Crippen LogP contribution >= 0.6 is 0 Å². The number of aromatic nitrogens is 2. The number of amides is 3. The molecule has 9 nitrogen and oxygen atoms in total. The zero-order valence-corrected chi connectivity index (χ0v) is 23.9. The van der Waals surface area contributed by atoms with E-state index in [4.69, 9.17) is 5.73 Å². The third-order valence-corrected chi connectivity index (χ3v) is 7.44. The van der Waals surface area contributed by atoms with E-state index in [-0.39, 0.29) is 24.1 Å². The van der Waals surface area contributed by atoms with E-state index in [1.165, 1.54) is 0 Å². The topological polar surface area (TPSA) is 133 Å². The summed E-state index contributed by atoms with van der Waals surface area (Å²) in [6.07, 6.45) is 4.61. The lowest BCUT2D eigenvalue weighted by molar-refractivity contribution is -0.130. The van der Waals surface area contributed by atoms with E-state index < -0.39 is 11.6 Å². The van der Waals surface area contributed by atoms with Crippen molar-refractivity contribution in [1.82, 2.24) is 20.6 Å². The zero-order chi connectivity index (χ0) is 29.7. The molecule has 0 aliphatic carbocycles. The normalized spacial score (nSPS) is 15.1.